The average Bonchev–Trinajstić information content (AvgIpc) is 2.94. The Morgan fingerprint density at radius 2 is 1.71 bits per heavy atom. The highest BCUT2D eigenvalue weighted by Crippen LogP contribution is 2.34. The van der Waals surface area contributed by atoms with E-state index in [-0.39, 0.29) is 11.7 Å². The van der Waals surface area contributed by atoms with Gasteiger partial charge in [-0.1, -0.05) is 12.8 Å². The van der Waals surface area contributed by atoms with Gasteiger partial charge in [-0.25, -0.2) is 13.2 Å². The standard InChI is InChI=1S/C16H21F3N2/c17-11-8-13(19)16(9-12(11)18)21-15-6-3-4-10(15)14-5-1-2-7-20-14/h8-10,14-15,20-21H,1-7H2. The zero-order valence-corrected chi connectivity index (χ0v) is 12.0. The van der Waals surface area contributed by atoms with E-state index in [0.29, 0.717) is 18.0 Å². The molecule has 3 atom stereocenters. The molecule has 2 aliphatic rings. The summed E-state index contributed by atoms with van der Waals surface area (Å²) in [6.45, 7) is 1.04. The monoisotopic (exact) mass is 298 g/mol. The molecule has 1 aliphatic heterocycles. The van der Waals surface area contributed by atoms with E-state index in [0.717, 1.165) is 38.3 Å². The molecule has 1 saturated heterocycles. The lowest BCUT2D eigenvalue weighted by Crippen LogP contribution is -2.44. The molecule has 1 aliphatic carbocycles. The molecule has 1 heterocycles. The lowest BCUT2D eigenvalue weighted by atomic mass is 9.88. The fourth-order valence-electron chi connectivity index (χ4n) is 3.73. The van der Waals surface area contributed by atoms with E-state index in [2.05, 4.69) is 10.6 Å². The van der Waals surface area contributed by atoms with Gasteiger partial charge in [0.15, 0.2) is 11.6 Å². The minimum atomic E-state index is -1.14. The van der Waals surface area contributed by atoms with Crippen LogP contribution in [0.2, 0.25) is 0 Å². The van der Waals surface area contributed by atoms with E-state index in [1.807, 2.05) is 0 Å². The molecule has 2 N–H and O–H groups in total. The molecule has 21 heavy (non-hydrogen) atoms. The van der Waals surface area contributed by atoms with E-state index < -0.39 is 17.5 Å². The van der Waals surface area contributed by atoms with Crippen molar-refractivity contribution in [3.8, 4) is 0 Å². The largest absolute Gasteiger partial charge is 0.380 e. The third kappa shape index (κ3) is 3.18. The van der Waals surface area contributed by atoms with Crippen LogP contribution in [0.25, 0.3) is 0 Å². The number of rotatable bonds is 3. The predicted molar refractivity (Wildman–Crippen MR) is 76.7 cm³/mol. The molecule has 2 fully saturated rings. The molecule has 0 aromatic heterocycles. The van der Waals surface area contributed by atoms with Gasteiger partial charge in [0, 0.05) is 24.2 Å². The Kier molecular flexibility index (Phi) is 4.38. The summed E-state index contributed by atoms with van der Waals surface area (Å²) in [4.78, 5) is 0. The zero-order chi connectivity index (χ0) is 14.8. The molecule has 5 heteroatoms. The maximum absolute atomic E-state index is 13.8. The van der Waals surface area contributed by atoms with Crippen LogP contribution in [0, 0.1) is 23.4 Å². The molecule has 1 aromatic rings. The maximum Gasteiger partial charge on any atom is 0.161 e. The second-order valence-electron chi connectivity index (χ2n) is 6.15. The van der Waals surface area contributed by atoms with Crippen molar-refractivity contribution in [1.29, 1.82) is 0 Å². The van der Waals surface area contributed by atoms with Crippen molar-refractivity contribution >= 4 is 5.69 Å². The molecular formula is C16H21F3N2. The summed E-state index contributed by atoms with van der Waals surface area (Å²) in [6, 6.07) is 2.11. The van der Waals surface area contributed by atoms with Gasteiger partial charge >= 0.3 is 0 Å². The van der Waals surface area contributed by atoms with Crippen LogP contribution >= 0.6 is 0 Å². The first-order chi connectivity index (χ1) is 10.1. The summed E-state index contributed by atoms with van der Waals surface area (Å²) in [6.07, 6.45) is 6.70. The van der Waals surface area contributed by atoms with E-state index in [9.17, 15) is 13.2 Å². The number of piperidine rings is 1. The Hall–Kier alpha value is -1.23. The second-order valence-corrected chi connectivity index (χ2v) is 6.15. The smallest absolute Gasteiger partial charge is 0.161 e. The highest BCUT2D eigenvalue weighted by atomic mass is 19.2. The predicted octanol–water partition coefficient (Wildman–Crippen LogP) is 3.83. The van der Waals surface area contributed by atoms with Gasteiger partial charge in [0.2, 0.25) is 0 Å². The summed E-state index contributed by atoms with van der Waals surface area (Å²) in [5.41, 5.74) is 0.0709. The van der Waals surface area contributed by atoms with E-state index in [1.54, 1.807) is 0 Å². The van der Waals surface area contributed by atoms with Crippen molar-refractivity contribution in [1.82, 2.24) is 5.32 Å². The Morgan fingerprint density at radius 3 is 2.48 bits per heavy atom. The molecule has 116 valence electrons. The van der Waals surface area contributed by atoms with E-state index >= 15 is 0 Å². The van der Waals surface area contributed by atoms with Gasteiger partial charge in [0.05, 0.1) is 5.69 Å². The summed E-state index contributed by atoms with van der Waals surface area (Å²) in [5, 5.41) is 6.65. The van der Waals surface area contributed by atoms with Gasteiger partial charge in [-0.05, 0) is 38.1 Å². The lowest BCUT2D eigenvalue weighted by Gasteiger charge is -2.33. The van der Waals surface area contributed by atoms with Gasteiger partial charge in [0.1, 0.15) is 5.82 Å². The van der Waals surface area contributed by atoms with Crippen LogP contribution in [0.4, 0.5) is 18.9 Å². The number of halogens is 3. The third-order valence-corrected chi connectivity index (χ3v) is 4.79. The lowest BCUT2D eigenvalue weighted by molar-refractivity contribution is 0.286. The highest BCUT2D eigenvalue weighted by molar-refractivity contribution is 5.46. The van der Waals surface area contributed by atoms with Crippen LogP contribution < -0.4 is 10.6 Å². The second kappa shape index (κ2) is 6.26. The number of benzene rings is 1. The Balaban J connectivity index is 1.72. The first-order valence-electron chi connectivity index (χ1n) is 7.79. The van der Waals surface area contributed by atoms with Gasteiger partial charge in [-0.2, -0.15) is 0 Å². The zero-order valence-electron chi connectivity index (χ0n) is 12.0. The normalized spacial score (nSPS) is 29.6. The summed E-state index contributed by atoms with van der Waals surface area (Å²) in [7, 11) is 0. The SMILES string of the molecule is Fc1cc(F)c(NC2CCCC2C2CCCCN2)cc1F. The molecule has 1 aromatic carbocycles. The molecule has 3 rings (SSSR count). The molecule has 3 unspecified atom stereocenters. The van der Waals surface area contributed by atoms with Gasteiger partial charge < -0.3 is 10.6 Å². The first kappa shape index (κ1) is 14.7. The Bertz CT molecular complexity index is 501. The van der Waals surface area contributed by atoms with Gasteiger partial charge in [0.25, 0.3) is 0 Å². The molecule has 0 spiro atoms. The molecule has 0 bridgehead atoms. The number of anilines is 1. The minimum Gasteiger partial charge on any atom is -0.380 e. The average molecular weight is 298 g/mol. The van der Waals surface area contributed by atoms with Crippen LogP contribution in [0.15, 0.2) is 12.1 Å². The fraction of sp³-hybridized carbons (Fsp3) is 0.625. The fourth-order valence-corrected chi connectivity index (χ4v) is 3.73. The minimum absolute atomic E-state index is 0.0709. The third-order valence-electron chi connectivity index (χ3n) is 4.79. The highest BCUT2D eigenvalue weighted by Gasteiger charge is 2.34. The summed E-state index contributed by atoms with van der Waals surface area (Å²) in [5.74, 6) is -2.45. The van der Waals surface area contributed by atoms with Crippen molar-refractivity contribution in [3.05, 3.63) is 29.6 Å². The number of hydrogen-bond donors (Lipinski definition) is 2. The number of nitrogens with one attached hydrogen (secondary N) is 2. The first-order valence-corrected chi connectivity index (χ1v) is 7.79. The molecular weight excluding hydrogens is 277 g/mol. The Labute approximate surface area is 123 Å². The van der Waals surface area contributed by atoms with Crippen LogP contribution in [-0.2, 0) is 0 Å². The van der Waals surface area contributed by atoms with Gasteiger partial charge in [-0.15, -0.1) is 0 Å². The molecule has 2 nitrogen and oxygen atoms in total. The van der Waals surface area contributed by atoms with Crippen LogP contribution in [0.5, 0.6) is 0 Å². The quantitative estimate of drug-likeness (QED) is 0.829. The van der Waals surface area contributed by atoms with Crippen LogP contribution in [0.3, 0.4) is 0 Å². The summed E-state index contributed by atoms with van der Waals surface area (Å²) >= 11 is 0. The number of hydrogen-bond acceptors (Lipinski definition) is 2. The van der Waals surface area contributed by atoms with Crippen molar-refractivity contribution < 1.29 is 13.2 Å². The van der Waals surface area contributed by atoms with Gasteiger partial charge in [-0.3, -0.25) is 0 Å². The van der Waals surface area contributed by atoms with E-state index in [1.165, 1.54) is 12.8 Å². The molecule has 0 amide bonds. The van der Waals surface area contributed by atoms with Crippen molar-refractivity contribution in [2.45, 2.75) is 50.6 Å². The topological polar surface area (TPSA) is 24.1 Å². The van der Waals surface area contributed by atoms with Crippen molar-refractivity contribution in [3.63, 3.8) is 0 Å². The van der Waals surface area contributed by atoms with Crippen molar-refractivity contribution in [2.24, 2.45) is 5.92 Å². The Morgan fingerprint density at radius 1 is 0.905 bits per heavy atom. The van der Waals surface area contributed by atoms with E-state index in [4.69, 9.17) is 0 Å². The maximum atomic E-state index is 13.8. The van der Waals surface area contributed by atoms with Crippen molar-refractivity contribution in [2.75, 3.05) is 11.9 Å². The molecule has 1 saturated carbocycles. The van der Waals surface area contributed by atoms with Crippen LogP contribution in [-0.4, -0.2) is 18.6 Å². The van der Waals surface area contributed by atoms with Crippen LogP contribution in [0.1, 0.15) is 38.5 Å². The molecule has 0 radical (unpaired) electrons. The summed E-state index contributed by atoms with van der Waals surface area (Å²) < 4.78 is 40.0.